The summed E-state index contributed by atoms with van der Waals surface area (Å²) in [6, 6.07) is 0. The number of hydrogen-bond donors (Lipinski definition) is 1. The number of nitrogens with two attached hydrogens (primary N) is 1. The zero-order valence-electron chi connectivity index (χ0n) is 12.7. The summed E-state index contributed by atoms with van der Waals surface area (Å²) in [7, 11) is 0. The third-order valence-corrected chi connectivity index (χ3v) is 3.77. The Morgan fingerprint density at radius 3 is 1.47 bits per heavy atom. The van der Waals surface area contributed by atoms with E-state index in [1.807, 2.05) is 0 Å². The first-order valence-corrected chi connectivity index (χ1v) is 7.76. The van der Waals surface area contributed by atoms with Crippen LogP contribution >= 0.6 is 0 Å². The van der Waals surface area contributed by atoms with Gasteiger partial charge >= 0.3 is 0 Å². The molecule has 0 aliphatic rings. The minimum absolute atomic E-state index is 0.857. The van der Waals surface area contributed by atoms with E-state index in [9.17, 15) is 0 Å². The minimum Gasteiger partial charge on any atom is -0.330 e. The van der Waals surface area contributed by atoms with Gasteiger partial charge in [-0.25, -0.2) is 0 Å². The van der Waals surface area contributed by atoms with Gasteiger partial charge in [-0.3, -0.25) is 0 Å². The SMILES string of the molecule is CC(C)CCC[C@@H](C)CCC[C@@H](C)CCCN. The van der Waals surface area contributed by atoms with E-state index >= 15 is 0 Å². The fraction of sp³-hybridized carbons (Fsp3) is 1.00. The molecule has 1 nitrogen and oxygen atoms in total. The van der Waals surface area contributed by atoms with Crippen LogP contribution in [0.2, 0.25) is 0 Å². The predicted octanol–water partition coefficient (Wildman–Crippen LogP) is 4.99. The van der Waals surface area contributed by atoms with Crippen molar-refractivity contribution < 1.29 is 0 Å². The molecule has 0 aliphatic carbocycles. The van der Waals surface area contributed by atoms with Crippen molar-refractivity contribution in [3.05, 3.63) is 0 Å². The molecule has 0 heterocycles. The lowest BCUT2D eigenvalue weighted by Gasteiger charge is -2.14. The Hall–Kier alpha value is -0.0400. The van der Waals surface area contributed by atoms with Gasteiger partial charge in [0, 0.05) is 0 Å². The highest BCUT2D eigenvalue weighted by atomic mass is 14.5. The summed E-state index contributed by atoms with van der Waals surface area (Å²) in [6.45, 7) is 10.3. The van der Waals surface area contributed by atoms with Crippen molar-refractivity contribution in [2.24, 2.45) is 23.5 Å². The van der Waals surface area contributed by atoms with Gasteiger partial charge in [0.15, 0.2) is 0 Å². The molecule has 0 aromatic rings. The van der Waals surface area contributed by atoms with E-state index in [4.69, 9.17) is 5.73 Å². The summed E-state index contributed by atoms with van der Waals surface area (Å²) in [4.78, 5) is 0. The maximum Gasteiger partial charge on any atom is -0.00772 e. The molecule has 2 N–H and O–H groups in total. The lowest BCUT2D eigenvalue weighted by molar-refractivity contribution is 0.390. The van der Waals surface area contributed by atoms with Gasteiger partial charge in [-0.2, -0.15) is 0 Å². The van der Waals surface area contributed by atoms with Gasteiger partial charge in [-0.15, -0.1) is 0 Å². The largest absolute Gasteiger partial charge is 0.330 e. The first-order valence-electron chi connectivity index (χ1n) is 7.76. The fourth-order valence-electron chi connectivity index (χ4n) is 2.44. The summed E-state index contributed by atoms with van der Waals surface area (Å²) < 4.78 is 0. The van der Waals surface area contributed by atoms with Crippen LogP contribution < -0.4 is 5.73 Å². The molecule has 0 amide bonds. The highest BCUT2D eigenvalue weighted by Gasteiger charge is 2.05. The number of hydrogen-bond acceptors (Lipinski definition) is 1. The van der Waals surface area contributed by atoms with Crippen LogP contribution in [0.3, 0.4) is 0 Å². The van der Waals surface area contributed by atoms with E-state index in [1.165, 1.54) is 51.4 Å². The molecular formula is C16H35N. The minimum atomic E-state index is 0.857. The predicted molar refractivity (Wildman–Crippen MR) is 79.2 cm³/mol. The monoisotopic (exact) mass is 241 g/mol. The van der Waals surface area contributed by atoms with E-state index in [-0.39, 0.29) is 0 Å². The Kier molecular flexibility index (Phi) is 11.0. The molecule has 0 rings (SSSR count). The van der Waals surface area contributed by atoms with E-state index < -0.39 is 0 Å². The van der Waals surface area contributed by atoms with E-state index in [2.05, 4.69) is 27.7 Å². The Morgan fingerprint density at radius 1 is 0.647 bits per heavy atom. The Bertz CT molecular complexity index is 154. The van der Waals surface area contributed by atoms with Gasteiger partial charge in [-0.05, 0) is 37.1 Å². The van der Waals surface area contributed by atoms with Gasteiger partial charge in [0.2, 0.25) is 0 Å². The van der Waals surface area contributed by atoms with E-state index in [0.717, 1.165) is 24.3 Å². The molecule has 0 saturated carbocycles. The lowest BCUT2D eigenvalue weighted by atomic mass is 9.92. The summed E-state index contributed by atoms with van der Waals surface area (Å²) in [5.74, 6) is 2.68. The molecule has 0 aromatic carbocycles. The molecule has 0 bridgehead atoms. The van der Waals surface area contributed by atoms with Crippen molar-refractivity contribution in [2.75, 3.05) is 6.54 Å². The fourth-order valence-corrected chi connectivity index (χ4v) is 2.44. The van der Waals surface area contributed by atoms with Crippen LogP contribution in [0.1, 0.15) is 79.1 Å². The Morgan fingerprint density at radius 2 is 1.06 bits per heavy atom. The van der Waals surface area contributed by atoms with Crippen LogP contribution in [-0.2, 0) is 0 Å². The first kappa shape index (κ1) is 17.0. The standard InChI is InChI=1S/C16H35N/c1-14(2)8-5-9-15(3)10-6-11-16(4)12-7-13-17/h14-16H,5-13,17H2,1-4H3/t15-,16-/m1/s1. The molecule has 1 heteroatoms. The number of rotatable bonds is 11. The van der Waals surface area contributed by atoms with Crippen LogP contribution in [0.5, 0.6) is 0 Å². The second-order valence-corrected chi connectivity index (χ2v) is 6.40. The van der Waals surface area contributed by atoms with Crippen LogP contribution in [0.15, 0.2) is 0 Å². The second-order valence-electron chi connectivity index (χ2n) is 6.40. The molecule has 0 spiro atoms. The van der Waals surface area contributed by atoms with Gasteiger partial charge in [-0.1, -0.05) is 66.2 Å². The maximum absolute atomic E-state index is 5.53. The highest BCUT2D eigenvalue weighted by Crippen LogP contribution is 2.20. The molecule has 104 valence electrons. The summed E-state index contributed by atoms with van der Waals surface area (Å²) in [5.41, 5.74) is 5.53. The van der Waals surface area contributed by atoms with Crippen molar-refractivity contribution in [3.63, 3.8) is 0 Å². The molecule has 0 saturated heterocycles. The first-order chi connectivity index (χ1) is 8.06. The molecule has 0 radical (unpaired) electrons. The maximum atomic E-state index is 5.53. The molecule has 0 unspecified atom stereocenters. The third-order valence-electron chi connectivity index (χ3n) is 3.77. The smallest absolute Gasteiger partial charge is 0.00772 e. The van der Waals surface area contributed by atoms with Crippen LogP contribution in [0.4, 0.5) is 0 Å². The average molecular weight is 241 g/mol. The van der Waals surface area contributed by atoms with Gasteiger partial charge in [0.25, 0.3) is 0 Å². The summed E-state index contributed by atoms with van der Waals surface area (Å²) in [6.07, 6.45) is 11.0. The van der Waals surface area contributed by atoms with Gasteiger partial charge in [0.1, 0.15) is 0 Å². The molecule has 2 atom stereocenters. The third kappa shape index (κ3) is 12.2. The van der Waals surface area contributed by atoms with E-state index in [1.54, 1.807) is 0 Å². The molecule has 17 heavy (non-hydrogen) atoms. The van der Waals surface area contributed by atoms with Gasteiger partial charge < -0.3 is 5.73 Å². The summed E-state index contributed by atoms with van der Waals surface area (Å²) >= 11 is 0. The average Bonchev–Trinajstić information content (AvgIpc) is 2.25. The van der Waals surface area contributed by atoms with Crippen LogP contribution in [-0.4, -0.2) is 6.54 Å². The van der Waals surface area contributed by atoms with Crippen molar-refractivity contribution in [2.45, 2.75) is 79.1 Å². The van der Waals surface area contributed by atoms with Gasteiger partial charge in [0.05, 0.1) is 0 Å². The quantitative estimate of drug-likeness (QED) is 0.541. The van der Waals surface area contributed by atoms with E-state index in [0.29, 0.717) is 0 Å². The molecule has 0 aliphatic heterocycles. The van der Waals surface area contributed by atoms with Crippen molar-refractivity contribution in [1.82, 2.24) is 0 Å². The molecule has 0 fully saturated rings. The lowest BCUT2D eigenvalue weighted by Crippen LogP contribution is -2.03. The Labute approximate surface area is 110 Å². The van der Waals surface area contributed by atoms with Crippen molar-refractivity contribution in [3.8, 4) is 0 Å². The van der Waals surface area contributed by atoms with Crippen LogP contribution in [0.25, 0.3) is 0 Å². The second kappa shape index (κ2) is 11.1. The molecular weight excluding hydrogens is 206 g/mol. The topological polar surface area (TPSA) is 26.0 Å². The highest BCUT2D eigenvalue weighted by molar-refractivity contribution is 4.59. The van der Waals surface area contributed by atoms with Crippen LogP contribution in [0, 0.1) is 17.8 Å². The zero-order chi connectivity index (χ0) is 13.1. The summed E-state index contributed by atoms with van der Waals surface area (Å²) in [5, 5.41) is 0. The van der Waals surface area contributed by atoms with Crippen molar-refractivity contribution in [1.29, 1.82) is 0 Å². The normalized spacial score (nSPS) is 15.2. The molecule has 0 aromatic heterocycles. The Balaban J connectivity index is 3.34. The van der Waals surface area contributed by atoms with Crippen molar-refractivity contribution >= 4 is 0 Å². The zero-order valence-corrected chi connectivity index (χ0v) is 12.7.